The molecular weight excluding hydrogens is 508 g/mol. The number of hydrogen-bond donors (Lipinski definition) is 2. The van der Waals surface area contributed by atoms with Crippen LogP contribution < -0.4 is 10.0 Å². The molecule has 3 aromatic carbocycles. The SMILES string of the molecule is Cc1ccc(Cl)cc1NS(=O)(=O)c1ccc2c(c1)[C@H]1C=CC[C@H]1[C@@H](c1ccccc1Br)N2. The van der Waals surface area contributed by atoms with Gasteiger partial charge in [-0.2, -0.15) is 0 Å². The van der Waals surface area contributed by atoms with Gasteiger partial charge in [-0.3, -0.25) is 4.72 Å². The first kappa shape index (κ1) is 21.6. The van der Waals surface area contributed by atoms with E-state index in [-0.39, 0.29) is 16.9 Å². The first-order valence-electron chi connectivity index (χ1n) is 10.4. The molecule has 0 aromatic heterocycles. The van der Waals surface area contributed by atoms with Crippen molar-refractivity contribution in [2.24, 2.45) is 5.92 Å². The van der Waals surface area contributed by atoms with Gasteiger partial charge in [0, 0.05) is 21.1 Å². The molecule has 0 fully saturated rings. The normalized spacial score (nSPS) is 21.5. The maximum absolute atomic E-state index is 13.2. The van der Waals surface area contributed by atoms with Crippen LogP contribution in [-0.4, -0.2) is 8.42 Å². The van der Waals surface area contributed by atoms with Gasteiger partial charge in [-0.05, 0) is 72.4 Å². The standard InChI is InChI=1S/C25H22BrClN2O2S/c1-15-9-10-16(27)13-24(15)29-32(30,31)17-11-12-23-21(14-17)18-6-4-7-19(18)25(28-23)20-5-2-3-8-22(20)26/h2-6,8-14,18-19,25,28-29H,7H2,1H3/t18-,19+,25-/m0/s1. The van der Waals surface area contributed by atoms with E-state index in [1.165, 1.54) is 5.56 Å². The lowest BCUT2D eigenvalue weighted by molar-refractivity contribution is 0.424. The van der Waals surface area contributed by atoms with E-state index >= 15 is 0 Å². The highest BCUT2D eigenvalue weighted by Crippen LogP contribution is 2.51. The summed E-state index contributed by atoms with van der Waals surface area (Å²) in [6.45, 7) is 1.85. The maximum atomic E-state index is 13.2. The van der Waals surface area contributed by atoms with Crippen LogP contribution in [0.15, 0.2) is 82.2 Å². The predicted octanol–water partition coefficient (Wildman–Crippen LogP) is 7.04. The Hall–Kier alpha value is -2.28. The van der Waals surface area contributed by atoms with Crippen LogP contribution in [0.25, 0.3) is 0 Å². The second-order valence-corrected chi connectivity index (χ2v) is 11.3. The molecule has 1 aliphatic heterocycles. The largest absolute Gasteiger partial charge is 0.378 e. The third kappa shape index (κ3) is 3.85. The van der Waals surface area contributed by atoms with Crippen molar-refractivity contribution < 1.29 is 8.42 Å². The lowest BCUT2D eigenvalue weighted by Crippen LogP contribution is -2.29. The Kier molecular flexibility index (Phi) is 5.56. The van der Waals surface area contributed by atoms with Gasteiger partial charge < -0.3 is 5.32 Å². The molecule has 0 spiro atoms. The zero-order valence-corrected chi connectivity index (χ0v) is 20.5. The fraction of sp³-hybridized carbons (Fsp3) is 0.200. The second-order valence-electron chi connectivity index (χ2n) is 8.31. The molecule has 164 valence electrons. The third-order valence-electron chi connectivity index (χ3n) is 6.33. The molecule has 0 saturated heterocycles. The molecule has 7 heteroatoms. The number of aryl methyl sites for hydroxylation is 1. The van der Waals surface area contributed by atoms with Crippen LogP contribution in [0.5, 0.6) is 0 Å². The molecule has 3 aromatic rings. The van der Waals surface area contributed by atoms with E-state index in [4.69, 9.17) is 11.6 Å². The molecule has 5 rings (SSSR count). The van der Waals surface area contributed by atoms with Crippen molar-refractivity contribution in [3.63, 3.8) is 0 Å². The van der Waals surface area contributed by atoms with Crippen LogP contribution in [0, 0.1) is 12.8 Å². The number of hydrogen-bond acceptors (Lipinski definition) is 3. The van der Waals surface area contributed by atoms with E-state index < -0.39 is 10.0 Å². The molecule has 0 radical (unpaired) electrons. The highest BCUT2D eigenvalue weighted by Gasteiger charge is 2.39. The molecule has 0 amide bonds. The van der Waals surface area contributed by atoms with E-state index in [1.54, 1.807) is 30.3 Å². The van der Waals surface area contributed by atoms with E-state index in [0.29, 0.717) is 16.6 Å². The van der Waals surface area contributed by atoms with Gasteiger partial charge in [0.05, 0.1) is 16.6 Å². The Balaban J connectivity index is 1.51. The average molecular weight is 530 g/mol. The first-order chi connectivity index (χ1) is 15.3. The van der Waals surface area contributed by atoms with Crippen LogP contribution in [0.4, 0.5) is 11.4 Å². The second kappa shape index (κ2) is 8.25. The van der Waals surface area contributed by atoms with E-state index in [1.807, 2.05) is 25.1 Å². The van der Waals surface area contributed by atoms with Crippen molar-refractivity contribution in [3.8, 4) is 0 Å². The van der Waals surface area contributed by atoms with Crippen molar-refractivity contribution in [2.75, 3.05) is 10.0 Å². The summed E-state index contributed by atoms with van der Waals surface area (Å²) in [6, 6.07) is 18.9. The van der Waals surface area contributed by atoms with Gasteiger partial charge in [-0.1, -0.05) is 63.9 Å². The van der Waals surface area contributed by atoms with Gasteiger partial charge in [0.15, 0.2) is 0 Å². The Labute approximate surface area is 201 Å². The van der Waals surface area contributed by atoms with Gasteiger partial charge in [-0.25, -0.2) is 8.42 Å². The minimum absolute atomic E-state index is 0.146. The molecule has 32 heavy (non-hydrogen) atoms. The summed E-state index contributed by atoms with van der Waals surface area (Å²) in [7, 11) is -3.76. The first-order valence-corrected chi connectivity index (χ1v) is 13.1. The minimum Gasteiger partial charge on any atom is -0.378 e. The van der Waals surface area contributed by atoms with Crippen LogP contribution in [0.1, 0.15) is 35.1 Å². The van der Waals surface area contributed by atoms with Gasteiger partial charge in [-0.15, -0.1) is 0 Å². The average Bonchev–Trinajstić information content (AvgIpc) is 3.26. The smallest absolute Gasteiger partial charge is 0.261 e. The summed E-state index contributed by atoms with van der Waals surface area (Å²) in [4.78, 5) is 0.246. The number of rotatable bonds is 4. The van der Waals surface area contributed by atoms with Gasteiger partial charge in [0.25, 0.3) is 10.0 Å². The molecule has 2 aliphatic rings. The lowest BCUT2D eigenvalue weighted by Gasteiger charge is -2.38. The van der Waals surface area contributed by atoms with Crippen molar-refractivity contribution in [1.29, 1.82) is 0 Å². The molecule has 0 bridgehead atoms. The highest BCUT2D eigenvalue weighted by atomic mass is 79.9. The van der Waals surface area contributed by atoms with Crippen molar-refractivity contribution >= 4 is 48.9 Å². The minimum atomic E-state index is -3.76. The number of sulfonamides is 1. The fourth-order valence-electron chi connectivity index (χ4n) is 4.68. The van der Waals surface area contributed by atoms with Gasteiger partial charge >= 0.3 is 0 Å². The Morgan fingerprint density at radius 1 is 1.06 bits per heavy atom. The summed E-state index contributed by atoms with van der Waals surface area (Å²) in [5.74, 6) is 0.480. The molecular formula is C25H22BrClN2O2S. The van der Waals surface area contributed by atoms with Crippen molar-refractivity contribution in [1.82, 2.24) is 0 Å². The highest BCUT2D eigenvalue weighted by molar-refractivity contribution is 9.10. The Bertz CT molecular complexity index is 1340. The van der Waals surface area contributed by atoms with E-state index in [0.717, 1.165) is 27.7 Å². The maximum Gasteiger partial charge on any atom is 0.261 e. The van der Waals surface area contributed by atoms with Crippen LogP contribution >= 0.6 is 27.5 Å². The van der Waals surface area contributed by atoms with Crippen LogP contribution in [0.3, 0.4) is 0 Å². The fourth-order valence-corrected chi connectivity index (χ4v) is 6.54. The summed E-state index contributed by atoms with van der Waals surface area (Å²) >= 11 is 9.76. The molecule has 1 heterocycles. The van der Waals surface area contributed by atoms with E-state index in [9.17, 15) is 8.42 Å². The number of nitrogens with one attached hydrogen (secondary N) is 2. The Morgan fingerprint density at radius 3 is 2.69 bits per heavy atom. The van der Waals surface area contributed by atoms with Gasteiger partial charge in [0.2, 0.25) is 0 Å². The number of benzene rings is 3. The molecule has 3 atom stereocenters. The quantitative estimate of drug-likeness (QED) is 0.356. The van der Waals surface area contributed by atoms with Crippen molar-refractivity contribution in [2.45, 2.75) is 30.2 Å². The van der Waals surface area contributed by atoms with E-state index in [2.05, 4.69) is 50.3 Å². The summed E-state index contributed by atoms with van der Waals surface area (Å²) < 4.78 is 30.1. The Morgan fingerprint density at radius 2 is 1.88 bits per heavy atom. The summed E-state index contributed by atoms with van der Waals surface area (Å²) in [5.41, 5.74) is 4.49. The topological polar surface area (TPSA) is 58.2 Å². The zero-order chi connectivity index (χ0) is 22.5. The number of allylic oxidation sites excluding steroid dienone is 2. The summed E-state index contributed by atoms with van der Waals surface area (Å²) in [5, 5.41) is 4.15. The molecule has 2 N–H and O–H groups in total. The molecule has 4 nitrogen and oxygen atoms in total. The predicted molar refractivity (Wildman–Crippen MR) is 134 cm³/mol. The molecule has 1 aliphatic carbocycles. The van der Waals surface area contributed by atoms with Crippen LogP contribution in [-0.2, 0) is 10.0 Å². The van der Waals surface area contributed by atoms with Gasteiger partial charge in [0.1, 0.15) is 0 Å². The van der Waals surface area contributed by atoms with Crippen LogP contribution in [0.2, 0.25) is 5.02 Å². The third-order valence-corrected chi connectivity index (χ3v) is 8.65. The monoisotopic (exact) mass is 528 g/mol. The molecule has 0 saturated carbocycles. The molecule has 0 unspecified atom stereocenters. The summed E-state index contributed by atoms with van der Waals surface area (Å²) in [6.07, 6.45) is 5.35. The number of fused-ring (bicyclic) bond motifs is 3. The lowest BCUT2D eigenvalue weighted by atomic mass is 9.77. The zero-order valence-electron chi connectivity index (χ0n) is 17.3. The number of anilines is 2. The number of halogens is 2. The van der Waals surface area contributed by atoms with Crippen molar-refractivity contribution in [3.05, 3.63) is 99.0 Å².